The Bertz CT molecular complexity index is 231. The first kappa shape index (κ1) is 16.4. The molecule has 0 spiro atoms. The van der Waals surface area contributed by atoms with E-state index < -0.39 is 0 Å². The molecular weight excluding hydrogens is 212 g/mol. The summed E-state index contributed by atoms with van der Waals surface area (Å²) in [6, 6.07) is 0. The molecule has 0 heterocycles. The lowest BCUT2D eigenvalue weighted by molar-refractivity contribution is 0.277. The van der Waals surface area contributed by atoms with Crippen molar-refractivity contribution >= 4 is 0 Å². The van der Waals surface area contributed by atoms with Crippen molar-refractivity contribution < 1.29 is 10.2 Å². The molecule has 0 radical (unpaired) electrons. The minimum Gasteiger partial charge on any atom is -0.391 e. The lowest BCUT2D eigenvalue weighted by atomic mass is 10.0. The largest absolute Gasteiger partial charge is 0.391 e. The van der Waals surface area contributed by atoms with Crippen LogP contribution in [0.4, 0.5) is 0 Å². The fourth-order valence-electron chi connectivity index (χ4n) is 1.78. The van der Waals surface area contributed by atoms with E-state index in [9.17, 15) is 0 Å². The molecule has 0 bridgehead atoms. The molecule has 17 heavy (non-hydrogen) atoms. The van der Waals surface area contributed by atoms with E-state index in [0.717, 1.165) is 12.8 Å². The molecule has 100 valence electrons. The van der Waals surface area contributed by atoms with E-state index >= 15 is 0 Å². The number of rotatable bonds is 10. The van der Waals surface area contributed by atoms with Gasteiger partial charge in [-0.05, 0) is 31.3 Å². The predicted molar refractivity (Wildman–Crippen MR) is 73.0 cm³/mol. The minimum absolute atomic E-state index is 0.0823. The summed E-state index contributed by atoms with van der Waals surface area (Å²) in [4.78, 5) is 0. The van der Waals surface area contributed by atoms with Crippen LogP contribution in [-0.4, -0.2) is 23.4 Å². The quantitative estimate of drug-likeness (QED) is 0.452. The van der Waals surface area contributed by atoms with Crippen LogP contribution in [0.15, 0.2) is 16.9 Å². The van der Waals surface area contributed by atoms with Crippen LogP contribution in [-0.2, 0) is 0 Å². The molecule has 0 saturated heterocycles. The van der Waals surface area contributed by atoms with Crippen LogP contribution < -0.4 is 0 Å². The molecule has 0 unspecified atom stereocenters. The highest BCUT2D eigenvalue weighted by atomic mass is 16.3. The van der Waals surface area contributed by atoms with Gasteiger partial charge in [-0.15, -0.1) is 5.73 Å². The lowest BCUT2D eigenvalue weighted by Crippen LogP contribution is -1.95. The normalized spacial score (nSPS) is 10.1. The fourth-order valence-corrected chi connectivity index (χ4v) is 1.78. The SMILES string of the molecule is CCCCCCC(=C=C(CO)CO)CCCC. The Morgan fingerprint density at radius 2 is 1.35 bits per heavy atom. The minimum atomic E-state index is -0.0823. The molecule has 0 aliphatic heterocycles. The highest BCUT2D eigenvalue weighted by molar-refractivity contribution is 5.10. The molecule has 0 aromatic carbocycles. The molecule has 0 aliphatic rings. The van der Waals surface area contributed by atoms with Crippen molar-refractivity contribution in [1.29, 1.82) is 0 Å². The average Bonchev–Trinajstić information content (AvgIpc) is 2.36. The topological polar surface area (TPSA) is 40.5 Å². The molecule has 0 fully saturated rings. The number of hydrogen-bond donors (Lipinski definition) is 2. The first-order chi connectivity index (χ1) is 8.28. The number of aliphatic hydroxyl groups is 2. The van der Waals surface area contributed by atoms with Gasteiger partial charge in [-0.2, -0.15) is 0 Å². The van der Waals surface area contributed by atoms with Gasteiger partial charge in [0, 0.05) is 5.57 Å². The van der Waals surface area contributed by atoms with Crippen LogP contribution in [0.25, 0.3) is 0 Å². The molecule has 0 rings (SSSR count). The number of aliphatic hydroxyl groups excluding tert-OH is 2. The molecule has 0 atom stereocenters. The highest BCUT2D eigenvalue weighted by Crippen LogP contribution is 2.16. The summed E-state index contributed by atoms with van der Waals surface area (Å²) in [5.41, 5.74) is 5.08. The maximum absolute atomic E-state index is 9.04. The third kappa shape index (κ3) is 9.17. The predicted octanol–water partition coefficient (Wildman–Crippen LogP) is 3.58. The average molecular weight is 240 g/mol. The molecule has 0 saturated carbocycles. The number of unbranched alkanes of at least 4 members (excludes halogenated alkanes) is 4. The summed E-state index contributed by atoms with van der Waals surface area (Å²) in [7, 11) is 0. The van der Waals surface area contributed by atoms with E-state index in [0.29, 0.717) is 5.57 Å². The molecule has 0 aliphatic carbocycles. The summed E-state index contributed by atoms with van der Waals surface area (Å²) in [6.45, 7) is 4.23. The highest BCUT2D eigenvalue weighted by Gasteiger charge is 1.99. The zero-order valence-corrected chi connectivity index (χ0v) is 11.5. The van der Waals surface area contributed by atoms with Crippen LogP contribution in [0.2, 0.25) is 0 Å². The summed E-state index contributed by atoms with van der Waals surface area (Å²) in [5, 5.41) is 18.1. The van der Waals surface area contributed by atoms with Gasteiger partial charge in [-0.1, -0.05) is 39.5 Å². The standard InChI is InChI=1S/C15H28O2/c1-3-5-7-8-10-14(9-6-4-2)11-15(12-16)13-17/h16-17H,3-10,12-13H2,1-2H3. The van der Waals surface area contributed by atoms with Crippen LogP contribution in [0.1, 0.15) is 65.2 Å². The summed E-state index contributed by atoms with van der Waals surface area (Å²) in [5.74, 6) is 0. The first-order valence-corrected chi connectivity index (χ1v) is 6.96. The molecule has 2 heteroatoms. The van der Waals surface area contributed by atoms with Crippen LogP contribution in [0.3, 0.4) is 0 Å². The maximum atomic E-state index is 9.04. The van der Waals surface area contributed by atoms with E-state index in [1.165, 1.54) is 44.1 Å². The molecule has 0 amide bonds. The van der Waals surface area contributed by atoms with Crippen molar-refractivity contribution in [3.63, 3.8) is 0 Å². The first-order valence-electron chi connectivity index (χ1n) is 6.96. The smallest absolute Gasteiger partial charge is 0.0738 e. The summed E-state index contributed by atoms with van der Waals surface area (Å²) < 4.78 is 0. The molecule has 0 aromatic rings. The Morgan fingerprint density at radius 1 is 0.765 bits per heavy atom. The Hall–Kier alpha value is -0.560. The maximum Gasteiger partial charge on any atom is 0.0738 e. The van der Waals surface area contributed by atoms with Gasteiger partial charge in [0.25, 0.3) is 0 Å². The van der Waals surface area contributed by atoms with E-state index in [4.69, 9.17) is 10.2 Å². The lowest BCUT2D eigenvalue weighted by Gasteiger charge is -2.05. The second-order valence-corrected chi connectivity index (χ2v) is 4.56. The van der Waals surface area contributed by atoms with E-state index in [-0.39, 0.29) is 13.2 Å². The van der Waals surface area contributed by atoms with Crippen LogP contribution in [0.5, 0.6) is 0 Å². The second kappa shape index (κ2) is 11.9. The number of hydrogen-bond acceptors (Lipinski definition) is 2. The summed E-state index contributed by atoms with van der Waals surface area (Å²) in [6.07, 6.45) is 9.45. The fraction of sp³-hybridized carbons (Fsp3) is 0.800. The Morgan fingerprint density at radius 3 is 1.88 bits per heavy atom. The second-order valence-electron chi connectivity index (χ2n) is 4.56. The van der Waals surface area contributed by atoms with E-state index in [1.807, 2.05) is 0 Å². The van der Waals surface area contributed by atoms with Crippen molar-refractivity contribution in [3.8, 4) is 0 Å². The van der Waals surface area contributed by atoms with Gasteiger partial charge in [0.2, 0.25) is 0 Å². The van der Waals surface area contributed by atoms with Gasteiger partial charge < -0.3 is 10.2 Å². The zero-order valence-electron chi connectivity index (χ0n) is 11.5. The van der Waals surface area contributed by atoms with Crippen molar-refractivity contribution in [2.24, 2.45) is 0 Å². The Kier molecular flexibility index (Phi) is 11.5. The Labute approximate surface area is 106 Å². The third-order valence-electron chi connectivity index (χ3n) is 2.90. The van der Waals surface area contributed by atoms with Crippen molar-refractivity contribution in [3.05, 3.63) is 16.9 Å². The van der Waals surface area contributed by atoms with Gasteiger partial charge in [0.1, 0.15) is 0 Å². The molecule has 2 N–H and O–H groups in total. The van der Waals surface area contributed by atoms with Crippen LogP contribution >= 0.6 is 0 Å². The van der Waals surface area contributed by atoms with Crippen LogP contribution in [0, 0.1) is 0 Å². The van der Waals surface area contributed by atoms with Gasteiger partial charge >= 0.3 is 0 Å². The van der Waals surface area contributed by atoms with Gasteiger partial charge in [0.05, 0.1) is 13.2 Å². The van der Waals surface area contributed by atoms with Crippen molar-refractivity contribution in [1.82, 2.24) is 0 Å². The third-order valence-corrected chi connectivity index (χ3v) is 2.90. The molecule has 0 aromatic heterocycles. The summed E-state index contributed by atoms with van der Waals surface area (Å²) >= 11 is 0. The van der Waals surface area contributed by atoms with E-state index in [2.05, 4.69) is 19.6 Å². The molecule has 2 nitrogen and oxygen atoms in total. The monoisotopic (exact) mass is 240 g/mol. The Balaban J connectivity index is 4.35. The van der Waals surface area contributed by atoms with Gasteiger partial charge in [0.15, 0.2) is 0 Å². The molecular formula is C15H28O2. The zero-order chi connectivity index (χ0) is 12.9. The van der Waals surface area contributed by atoms with Gasteiger partial charge in [-0.3, -0.25) is 0 Å². The van der Waals surface area contributed by atoms with Crippen molar-refractivity contribution in [2.75, 3.05) is 13.2 Å². The van der Waals surface area contributed by atoms with E-state index in [1.54, 1.807) is 0 Å². The van der Waals surface area contributed by atoms with Crippen molar-refractivity contribution in [2.45, 2.75) is 65.2 Å². The van der Waals surface area contributed by atoms with Gasteiger partial charge in [-0.25, -0.2) is 0 Å².